The summed E-state index contributed by atoms with van der Waals surface area (Å²) in [6, 6.07) is 28.6. The monoisotopic (exact) mass is 576 g/mol. The van der Waals surface area contributed by atoms with E-state index in [1.807, 2.05) is 108 Å². The molecular formula is C34H36N6O3. The van der Waals surface area contributed by atoms with Gasteiger partial charge in [0.05, 0.1) is 18.6 Å². The number of aromatic nitrogens is 1. The Kier molecular flexibility index (Phi) is 8.33. The number of rotatable bonds is 9. The van der Waals surface area contributed by atoms with Gasteiger partial charge in [-0.05, 0) is 35.2 Å². The Morgan fingerprint density at radius 2 is 1.67 bits per heavy atom. The second-order valence-corrected chi connectivity index (χ2v) is 11.1. The van der Waals surface area contributed by atoms with Crippen molar-refractivity contribution >= 4 is 28.7 Å². The molecule has 4 aromatic rings. The van der Waals surface area contributed by atoms with Gasteiger partial charge in [0.25, 0.3) is 0 Å². The quantitative estimate of drug-likeness (QED) is 0.323. The molecule has 2 fully saturated rings. The molecule has 1 aromatic heterocycles. The Hall–Kier alpha value is -4.76. The van der Waals surface area contributed by atoms with Crippen molar-refractivity contribution in [3.63, 3.8) is 0 Å². The predicted molar refractivity (Wildman–Crippen MR) is 164 cm³/mol. The molecule has 2 saturated heterocycles. The Labute approximate surface area is 251 Å². The second kappa shape index (κ2) is 12.6. The first-order valence-corrected chi connectivity index (χ1v) is 14.8. The maximum Gasteiger partial charge on any atom is 0.332 e. The number of hydrazine groups is 1. The second-order valence-electron chi connectivity index (χ2n) is 11.1. The lowest BCUT2D eigenvalue weighted by Gasteiger charge is -2.46. The number of nitrogens with zero attached hydrogens (tertiary/aromatic N) is 5. The molecule has 4 amide bonds. The zero-order valence-corrected chi connectivity index (χ0v) is 24.3. The van der Waals surface area contributed by atoms with Gasteiger partial charge in [0.15, 0.2) is 0 Å². The van der Waals surface area contributed by atoms with Crippen molar-refractivity contribution in [3.8, 4) is 0 Å². The van der Waals surface area contributed by atoms with Crippen molar-refractivity contribution in [2.75, 3.05) is 19.6 Å². The SMILES string of the molecule is CCCN(C(=O)NCc1ccccc1)N1CC(=O)N2[C@@H](Cc3ccccc3)C(=O)N(Cc3ccc4cccnc4c3)C[C@@H]21. The summed E-state index contributed by atoms with van der Waals surface area (Å²) in [7, 11) is 0. The minimum atomic E-state index is -0.673. The number of carbonyl (C=O) groups is 3. The van der Waals surface area contributed by atoms with E-state index in [0.717, 1.165) is 34.0 Å². The highest BCUT2D eigenvalue weighted by Gasteiger charge is 2.52. The van der Waals surface area contributed by atoms with Crippen molar-refractivity contribution in [2.45, 2.75) is 45.1 Å². The van der Waals surface area contributed by atoms with E-state index in [-0.39, 0.29) is 24.4 Å². The lowest BCUT2D eigenvalue weighted by Crippen LogP contribution is -2.66. The molecule has 3 heterocycles. The summed E-state index contributed by atoms with van der Waals surface area (Å²) in [6.45, 7) is 3.56. The Morgan fingerprint density at radius 3 is 2.42 bits per heavy atom. The number of pyridine rings is 1. The molecule has 0 unspecified atom stereocenters. The molecule has 0 bridgehead atoms. The van der Waals surface area contributed by atoms with Gasteiger partial charge in [0, 0.05) is 37.6 Å². The molecule has 9 nitrogen and oxygen atoms in total. The summed E-state index contributed by atoms with van der Waals surface area (Å²) >= 11 is 0. The smallest absolute Gasteiger partial charge is 0.332 e. The summed E-state index contributed by atoms with van der Waals surface area (Å²) in [5.74, 6) is -0.238. The maximum absolute atomic E-state index is 14.1. The zero-order chi connectivity index (χ0) is 29.8. The minimum Gasteiger partial charge on any atom is -0.333 e. The number of piperazine rings is 1. The number of carbonyl (C=O) groups excluding carboxylic acids is 3. The molecule has 0 radical (unpaired) electrons. The Morgan fingerprint density at radius 1 is 0.930 bits per heavy atom. The first kappa shape index (κ1) is 28.4. The fraction of sp³-hybridized carbons (Fsp3) is 0.294. The van der Waals surface area contributed by atoms with Crippen LogP contribution >= 0.6 is 0 Å². The molecule has 0 saturated carbocycles. The summed E-state index contributed by atoms with van der Waals surface area (Å²) in [5.41, 5.74) is 3.81. The van der Waals surface area contributed by atoms with E-state index < -0.39 is 12.2 Å². The molecule has 1 N–H and O–H groups in total. The first-order chi connectivity index (χ1) is 21.0. The average Bonchev–Trinajstić information content (AvgIpc) is 3.36. The van der Waals surface area contributed by atoms with Crippen LogP contribution in [0.1, 0.15) is 30.0 Å². The van der Waals surface area contributed by atoms with Gasteiger partial charge >= 0.3 is 6.03 Å². The largest absolute Gasteiger partial charge is 0.333 e. The Balaban J connectivity index is 1.29. The van der Waals surface area contributed by atoms with Crippen LogP contribution in [0.5, 0.6) is 0 Å². The van der Waals surface area contributed by atoms with Gasteiger partial charge in [-0.3, -0.25) is 19.6 Å². The van der Waals surface area contributed by atoms with E-state index in [1.54, 1.807) is 16.1 Å². The highest BCUT2D eigenvalue weighted by Crippen LogP contribution is 2.30. The number of nitrogens with one attached hydrogen (secondary N) is 1. The van der Waals surface area contributed by atoms with Crippen molar-refractivity contribution in [3.05, 3.63) is 114 Å². The molecule has 0 spiro atoms. The highest BCUT2D eigenvalue weighted by atomic mass is 16.2. The molecule has 2 atom stereocenters. The van der Waals surface area contributed by atoms with Crippen LogP contribution in [0.25, 0.3) is 10.9 Å². The van der Waals surface area contributed by atoms with Gasteiger partial charge in [-0.15, -0.1) is 0 Å². The third-order valence-electron chi connectivity index (χ3n) is 8.15. The van der Waals surface area contributed by atoms with Gasteiger partial charge in [0.2, 0.25) is 11.8 Å². The van der Waals surface area contributed by atoms with Crippen LogP contribution < -0.4 is 5.32 Å². The number of hydrogen-bond acceptors (Lipinski definition) is 5. The van der Waals surface area contributed by atoms with Gasteiger partial charge in [-0.25, -0.2) is 4.79 Å². The van der Waals surface area contributed by atoms with E-state index in [0.29, 0.717) is 32.6 Å². The number of benzene rings is 3. The van der Waals surface area contributed by atoms with Crippen molar-refractivity contribution in [1.82, 2.24) is 30.1 Å². The molecule has 2 aliphatic rings. The van der Waals surface area contributed by atoms with Gasteiger partial charge in [-0.2, -0.15) is 5.01 Å². The third-order valence-corrected chi connectivity index (χ3v) is 8.15. The van der Waals surface area contributed by atoms with E-state index in [4.69, 9.17) is 0 Å². The average molecular weight is 577 g/mol. The third kappa shape index (κ3) is 6.08. The van der Waals surface area contributed by atoms with Crippen LogP contribution in [0.15, 0.2) is 97.2 Å². The van der Waals surface area contributed by atoms with E-state index in [9.17, 15) is 14.4 Å². The number of fused-ring (bicyclic) bond motifs is 2. The predicted octanol–water partition coefficient (Wildman–Crippen LogP) is 4.20. The van der Waals surface area contributed by atoms with Gasteiger partial charge in [0.1, 0.15) is 12.2 Å². The number of urea groups is 1. The molecule has 43 heavy (non-hydrogen) atoms. The first-order valence-electron chi connectivity index (χ1n) is 14.8. The van der Waals surface area contributed by atoms with Crippen molar-refractivity contribution in [1.29, 1.82) is 0 Å². The van der Waals surface area contributed by atoms with Crippen molar-refractivity contribution < 1.29 is 14.4 Å². The summed E-state index contributed by atoms with van der Waals surface area (Å²) in [6.07, 6.45) is 2.42. The summed E-state index contributed by atoms with van der Waals surface area (Å²) < 4.78 is 0. The normalized spacial score (nSPS) is 18.6. The fourth-order valence-electron chi connectivity index (χ4n) is 6.08. The summed E-state index contributed by atoms with van der Waals surface area (Å²) in [4.78, 5) is 49.3. The molecular weight excluding hydrogens is 540 g/mol. The fourth-order valence-corrected chi connectivity index (χ4v) is 6.08. The number of amides is 4. The van der Waals surface area contributed by atoms with E-state index >= 15 is 0 Å². The van der Waals surface area contributed by atoms with Gasteiger partial charge < -0.3 is 15.1 Å². The van der Waals surface area contributed by atoms with Crippen LogP contribution in [-0.2, 0) is 29.1 Å². The van der Waals surface area contributed by atoms with Crippen molar-refractivity contribution in [2.24, 2.45) is 0 Å². The van der Waals surface area contributed by atoms with E-state index in [1.165, 1.54) is 0 Å². The molecule has 9 heteroatoms. The van der Waals surface area contributed by atoms with Crippen LogP contribution in [0.3, 0.4) is 0 Å². The van der Waals surface area contributed by atoms with E-state index in [2.05, 4.69) is 10.3 Å². The molecule has 2 aliphatic heterocycles. The molecule has 0 aliphatic carbocycles. The van der Waals surface area contributed by atoms with Crippen LogP contribution in [0.2, 0.25) is 0 Å². The van der Waals surface area contributed by atoms with Gasteiger partial charge in [-0.1, -0.05) is 85.8 Å². The standard InChI is InChI=1S/C34H36N6O3/c1-2-18-38(34(43)36-21-26-12-7-4-8-13-26)39-24-32(41)40-30(20-25-10-5-3-6-11-25)33(42)37(23-31(39)40)22-27-15-16-28-14-9-17-35-29(28)19-27/h3-17,19,30-31H,2,18,20-24H2,1H3,(H,36,43)/t30-,31+/m0/s1. The molecule has 3 aromatic carbocycles. The minimum absolute atomic E-state index is 0.0374. The summed E-state index contributed by atoms with van der Waals surface area (Å²) in [5, 5.41) is 7.57. The Bertz CT molecular complexity index is 1600. The van der Waals surface area contributed by atoms with Crippen LogP contribution in [-0.4, -0.2) is 74.5 Å². The molecule has 220 valence electrons. The molecule has 6 rings (SSSR count). The maximum atomic E-state index is 14.1. The lowest BCUT2D eigenvalue weighted by atomic mass is 10.00. The topological polar surface area (TPSA) is 89.1 Å². The van der Waals surface area contributed by atoms with Crippen LogP contribution in [0, 0.1) is 0 Å². The highest BCUT2D eigenvalue weighted by molar-refractivity contribution is 5.92. The lowest BCUT2D eigenvalue weighted by molar-refractivity contribution is -0.157. The van der Waals surface area contributed by atoms with Crippen LogP contribution in [0.4, 0.5) is 4.79 Å². The zero-order valence-electron chi connectivity index (χ0n) is 24.3. The number of hydrogen-bond donors (Lipinski definition) is 1.